The zero-order valence-corrected chi connectivity index (χ0v) is 9.71. The van der Waals surface area contributed by atoms with Crippen molar-refractivity contribution in [2.45, 2.75) is 19.4 Å². The molecule has 0 aliphatic carbocycles. The minimum atomic E-state index is 0.614. The Hall–Kier alpha value is -1.06. The third-order valence-corrected chi connectivity index (χ3v) is 3.22. The summed E-state index contributed by atoms with van der Waals surface area (Å²) in [5.41, 5.74) is 8.01. The van der Waals surface area contributed by atoms with E-state index in [1.165, 1.54) is 24.1 Å². The van der Waals surface area contributed by atoms with Gasteiger partial charge in [-0.15, -0.1) is 0 Å². The van der Waals surface area contributed by atoms with Gasteiger partial charge in [-0.05, 0) is 49.5 Å². The number of hydrogen-bond acceptors (Lipinski definition) is 3. The van der Waals surface area contributed by atoms with E-state index < -0.39 is 0 Å². The van der Waals surface area contributed by atoms with Crippen LogP contribution in [0.3, 0.4) is 0 Å². The van der Waals surface area contributed by atoms with Crippen LogP contribution in [0.4, 0.5) is 5.69 Å². The van der Waals surface area contributed by atoms with Gasteiger partial charge >= 0.3 is 0 Å². The van der Waals surface area contributed by atoms with E-state index in [-0.39, 0.29) is 0 Å². The zero-order valence-electron chi connectivity index (χ0n) is 9.71. The van der Waals surface area contributed by atoms with Crippen LogP contribution < -0.4 is 16.4 Å². The van der Waals surface area contributed by atoms with Gasteiger partial charge in [0.05, 0.1) is 0 Å². The summed E-state index contributed by atoms with van der Waals surface area (Å²) in [7, 11) is 0. The molecule has 0 bridgehead atoms. The molecule has 0 saturated carbocycles. The molecule has 88 valence electrons. The lowest BCUT2D eigenvalue weighted by Gasteiger charge is -2.23. The van der Waals surface area contributed by atoms with Crippen LogP contribution in [0, 0.1) is 5.92 Å². The highest BCUT2D eigenvalue weighted by atomic mass is 14.9. The first-order valence-corrected chi connectivity index (χ1v) is 6.12. The highest BCUT2D eigenvalue weighted by Gasteiger charge is 2.12. The van der Waals surface area contributed by atoms with E-state index in [2.05, 4.69) is 34.9 Å². The molecule has 2 rings (SSSR count). The average Bonchev–Trinajstić information content (AvgIpc) is 2.38. The fourth-order valence-electron chi connectivity index (χ4n) is 2.16. The van der Waals surface area contributed by atoms with Crippen LogP contribution >= 0.6 is 0 Å². The van der Waals surface area contributed by atoms with Crippen LogP contribution in [0.2, 0.25) is 0 Å². The second kappa shape index (κ2) is 5.87. The van der Waals surface area contributed by atoms with Gasteiger partial charge in [0, 0.05) is 18.8 Å². The van der Waals surface area contributed by atoms with E-state index in [1.54, 1.807) is 0 Å². The van der Waals surface area contributed by atoms with Crippen LogP contribution in [0.1, 0.15) is 18.4 Å². The van der Waals surface area contributed by atoms with E-state index in [9.17, 15) is 0 Å². The molecule has 1 aromatic carbocycles. The fourth-order valence-corrected chi connectivity index (χ4v) is 2.16. The number of nitrogens with one attached hydrogen (secondary N) is 2. The van der Waals surface area contributed by atoms with Crippen LogP contribution in [-0.2, 0) is 6.54 Å². The molecule has 1 aliphatic rings. The van der Waals surface area contributed by atoms with Gasteiger partial charge in [-0.3, -0.25) is 0 Å². The molecule has 3 heteroatoms. The maximum Gasteiger partial charge on any atom is 0.0343 e. The number of anilines is 1. The lowest BCUT2D eigenvalue weighted by atomic mass is 9.98. The second-order valence-electron chi connectivity index (χ2n) is 4.48. The quantitative estimate of drug-likeness (QED) is 0.720. The summed E-state index contributed by atoms with van der Waals surface area (Å²) in [5.74, 6) is 0.808. The highest BCUT2D eigenvalue weighted by Crippen LogP contribution is 2.15. The molecule has 1 aliphatic heterocycles. The third kappa shape index (κ3) is 3.22. The molecule has 1 saturated heterocycles. The summed E-state index contributed by atoms with van der Waals surface area (Å²) in [6, 6.07) is 8.38. The highest BCUT2D eigenvalue weighted by molar-refractivity contribution is 5.45. The van der Waals surface area contributed by atoms with Crippen molar-refractivity contribution in [3.8, 4) is 0 Å². The summed E-state index contributed by atoms with van der Waals surface area (Å²) in [6.07, 6.45) is 2.56. The first-order valence-electron chi connectivity index (χ1n) is 6.12. The molecule has 1 heterocycles. The molecule has 0 radical (unpaired) electrons. The fraction of sp³-hybridized carbons (Fsp3) is 0.538. The van der Waals surface area contributed by atoms with Gasteiger partial charge in [0.1, 0.15) is 0 Å². The molecular formula is C13H21N3. The van der Waals surface area contributed by atoms with Gasteiger partial charge in [0.2, 0.25) is 0 Å². The molecule has 0 amide bonds. The Bertz CT molecular complexity index is 319. The first kappa shape index (κ1) is 11.4. The lowest BCUT2D eigenvalue weighted by molar-refractivity contribution is 0.390. The molecule has 3 nitrogen and oxygen atoms in total. The van der Waals surface area contributed by atoms with E-state index in [0.29, 0.717) is 6.54 Å². The zero-order chi connectivity index (χ0) is 11.2. The molecule has 0 atom stereocenters. The van der Waals surface area contributed by atoms with Crippen molar-refractivity contribution < 1.29 is 0 Å². The summed E-state index contributed by atoms with van der Waals surface area (Å²) in [6.45, 7) is 4.02. The Balaban J connectivity index is 1.83. The second-order valence-corrected chi connectivity index (χ2v) is 4.48. The van der Waals surface area contributed by atoms with Crippen LogP contribution in [0.5, 0.6) is 0 Å². The van der Waals surface area contributed by atoms with E-state index in [0.717, 1.165) is 25.6 Å². The van der Waals surface area contributed by atoms with Gasteiger partial charge < -0.3 is 16.4 Å². The van der Waals surface area contributed by atoms with Gasteiger partial charge in [-0.25, -0.2) is 0 Å². The normalized spacial score (nSPS) is 17.3. The minimum absolute atomic E-state index is 0.614. The predicted molar refractivity (Wildman–Crippen MR) is 68.4 cm³/mol. The summed E-state index contributed by atoms with van der Waals surface area (Å²) in [5, 5.41) is 6.89. The summed E-state index contributed by atoms with van der Waals surface area (Å²) < 4.78 is 0. The van der Waals surface area contributed by atoms with Gasteiger partial charge in [0.15, 0.2) is 0 Å². The standard InChI is InChI=1S/C13H21N3/c14-9-12-2-1-3-13(8-12)16-10-11-4-6-15-7-5-11/h1-3,8,11,15-16H,4-7,9-10,14H2. The molecule has 0 unspecified atom stereocenters. The third-order valence-electron chi connectivity index (χ3n) is 3.22. The maximum atomic E-state index is 5.62. The molecule has 4 N–H and O–H groups in total. The SMILES string of the molecule is NCc1cccc(NCC2CCNCC2)c1. The van der Waals surface area contributed by atoms with E-state index in [1.807, 2.05) is 0 Å². The van der Waals surface area contributed by atoms with Gasteiger partial charge in [-0.1, -0.05) is 12.1 Å². The molecule has 1 aromatic rings. The monoisotopic (exact) mass is 219 g/mol. The van der Waals surface area contributed by atoms with Crippen molar-refractivity contribution in [3.63, 3.8) is 0 Å². The van der Waals surface area contributed by atoms with Gasteiger partial charge in [0.25, 0.3) is 0 Å². The Morgan fingerprint density at radius 1 is 1.31 bits per heavy atom. The van der Waals surface area contributed by atoms with Crippen molar-refractivity contribution in [3.05, 3.63) is 29.8 Å². The van der Waals surface area contributed by atoms with E-state index >= 15 is 0 Å². The largest absolute Gasteiger partial charge is 0.385 e. The lowest BCUT2D eigenvalue weighted by Crippen LogP contribution is -2.31. The van der Waals surface area contributed by atoms with Crippen molar-refractivity contribution in [2.24, 2.45) is 11.7 Å². The molecule has 16 heavy (non-hydrogen) atoms. The number of piperidine rings is 1. The van der Waals surface area contributed by atoms with E-state index in [4.69, 9.17) is 5.73 Å². The predicted octanol–water partition coefficient (Wildman–Crippen LogP) is 1.56. The number of nitrogens with two attached hydrogens (primary N) is 1. The topological polar surface area (TPSA) is 50.1 Å². The average molecular weight is 219 g/mol. The van der Waals surface area contributed by atoms with Crippen molar-refractivity contribution in [1.29, 1.82) is 0 Å². The van der Waals surface area contributed by atoms with Crippen molar-refractivity contribution >= 4 is 5.69 Å². The van der Waals surface area contributed by atoms with Crippen LogP contribution in [0.15, 0.2) is 24.3 Å². The summed E-state index contributed by atoms with van der Waals surface area (Å²) in [4.78, 5) is 0. The van der Waals surface area contributed by atoms with Gasteiger partial charge in [-0.2, -0.15) is 0 Å². The smallest absolute Gasteiger partial charge is 0.0343 e. The van der Waals surface area contributed by atoms with Crippen LogP contribution in [-0.4, -0.2) is 19.6 Å². The maximum absolute atomic E-state index is 5.62. The first-order chi connectivity index (χ1) is 7.88. The molecule has 0 spiro atoms. The van der Waals surface area contributed by atoms with Crippen molar-refractivity contribution in [1.82, 2.24) is 5.32 Å². The molecule has 0 aromatic heterocycles. The minimum Gasteiger partial charge on any atom is -0.385 e. The number of rotatable bonds is 4. The summed E-state index contributed by atoms with van der Waals surface area (Å²) >= 11 is 0. The Kier molecular flexibility index (Phi) is 4.19. The number of hydrogen-bond donors (Lipinski definition) is 3. The van der Waals surface area contributed by atoms with Crippen molar-refractivity contribution in [2.75, 3.05) is 25.0 Å². The molecule has 1 fully saturated rings. The van der Waals surface area contributed by atoms with Crippen LogP contribution in [0.25, 0.3) is 0 Å². The Morgan fingerprint density at radius 2 is 2.12 bits per heavy atom. The molecular weight excluding hydrogens is 198 g/mol. The number of benzene rings is 1. The Labute approximate surface area is 97.4 Å². The Morgan fingerprint density at radius 3 is 2.88 bits per heavy atom.